The van der Waals surface area contributed by atoms with Crippen LogP contribution in [0.15, 0.2) is 6.33 Å². The number of aromatic nitrogens is 2. The smallest absolute Gasteiger partial charge is 0.410 e. The van der Waals surface area contributed by atoms with Gasteiger partial charge in [-0.15, -0.1) is 0 Å². The van der Waals surface area contributed by atoms with Gasteiger partial charge in [0, 0.05) is 31.4 Å². The second kappa shape index (κ2) is 6.28. The molecule has 1 aromatic rings. The number of nitrogens with one attached hydrogen (secondary N) is 1. The van der Waals surface area contributed by atoms with E-state index in [0.717, 1.165) is 11.4 Å². The summed E-state index contributed by atoms with van der Waals surface area (Å²) in [5.74, 6) is 0.0629. The summed E-state index contributed by atoms with van der Waals surface area (Å²) in [6, 6.07) is -0.588. The number of imidazole rings is 1. The van der Waals surface area contributed by atoms with Crippen molar-refractivity contribution in [3.63, 3.8) is 0 Å². The molecule has 2 saturated heterocycles. The molecule has 0 bridgehead atoms. The van der Waals surface area contributed by atoms with E-state index in [-0.39, 0.29) is 23.6 Å². The van der Waals surface area contributed by atoms with Gasteiger partial charge in [-0.05, 0) is 27.7 Å². The average molecular weight is 370 g/mol. The highest BCUT2D eigenvalue weighted by Crippen LogP contribution is 2.29. The van der Waals surface area contributed by atoms with E-state index in [1.807, 2.05) is 27.7 Å². The van der Waals surface area contributed by atoms with Gasteiger partial charge in [0.2, 0.25) is 0 Å². The summed E-state index contributed by atoms with van der Waals surface area (Å²) < 4.78 is 29.9. The van der Waals surface area contributed by atoms with Gasteiger partial charge >= 0.3 is 6.09 Å². The van der Waals surface area contributed by atoms with E-state index in [1.165, 1.54) is 0 Å². The van der Waals surface area contributed by atoms with Crippen LogP contribution in [0.3, 0.4) is 0 Å². The lowest BCUT2D eigenvalue weighted by molar-refractivity contribution is -0.0107. The Bertz CT molecular complexity index is 752. The molecule has 0 radical (unpaired) electrons. The highest BCUT2D eigenvalue weighted by molar-refractivity contribution is 7.91. The first-order valence-corrected chi connectivity index (χ1v) is 10.3. The number of carbonyl (C=O) groups excluding carboxylic acids is 1. The van der Waals surface area contributed by atoms with Gasteiger partial charge in [-0.25, -0.2) is 18.2 Å². The molecule has 0 unspecified atom stereocenters. The Balaban J connectivity index is 1.80. The zero-order chi connectivity index (χ0) is 18.4. The highest BCUT2D eigenvalue weighted by atomic mass is 32.2. The van der Waals surface area contributed by atoms with Crippen molar-refractivity contribution in [2.24, 2.45) is 0 Å². The van der Waals surface area contributed by atoms with Crippen LogP contribution in [0.25, 0.3) is 0 Å². The number of piperazine rings is 1. The first-order valence-electron chi connectivity index (χ1n) is 8.49. The van der Waals surface area contributed by atoms with Gasteiger partial charge in [0.1, 0.15) is 5.60 Å². The van der Waals surface area contributed by atoms with Crippen LogP contribution < -0.4 is 0 Å². The van der Waals surface area contributed by atoms with Crippen LogP contribution in [0, 0.1) is 6.92 Å². The molecule has 0 saturated carbocycles. The van der Waals surface area contributed by atoms with E-state index >= 15 is 0 Å². The molecule has 2 fully saturated rings. The highest BCUT2D eigenvalue weighted by Gasteiger charge is 2.49. The minimum atomic E-state index is -3.18. The standard InChI is InChI=1S/C16H26N4O4S/c1-11-12(18-10-17-11)7-19-5-6-20(15(21)24-16(2,3)4)14-9-25(22,23)8-13(14)19/h10,13-14H,5-9H2,1-4H3,(H,17,18)/t13-,14+/m1/s1. The molecule has 1 N–H and O–H groups in total. The number of aromatic amines is 1. The fraction of sp³-hybridized carbons (Fsp3) is 0.750. The maximum absolute atomic E-state index is 12.5. The van der Waals surface area contributed by atoms with Crippen LogP contribution in [0.5, 0.6) is 0 Å². The van der Waals surface area contributed by atoms with Crippen molar-refractivity contribution in [3.8, 4) is 0 Å². The van der Waals surface area contributed by atoms with Crippen molar-refractivity contribution >= 4 is 15.9 Å². The van der Waals surface area contributed by atoms with Gasteiger partial charge in [-0.1, -0.05) is 0 Å². The topological polar surface area (TPSA) is 95.6 Å². The summed E-state index contributed by atoms with van der Waals surface area (Å²) in [5, 5.41) is 0. The van der Waals surface area contributed by atoms with E-state index in [1.54, 1.807) is 11.2 Å². The van der Waals surface area contributed by atoms with Crippen LogP contribution in [0.1, 0.15) is 32.2 Å². The van der Waals surface area contributed by atoms with Crippen molar-refractivity contribution in [2.45, 2.75) is 51.9 Å². The lowest BCUT2D eigenvalue weighted by Gasteiger charge is -2.43. The molecule has 1 aromatic heterocycles. The molecular weight excluding hydrogens is 344 g/mol. The number of ether oxygens (including phenoxy) is 1. The number of H-pyrrole nitrogens is 1. The van der Waals surface area contributed by atoms with Gasteiger partial charge < -0.3 is 14.6 Å². The summed E-state index contributed by atoms with van der Waals surface area (Å²) in [5.41, 5.74) is 1.29. The van der Waals surface area contributed by atoms with Gasteiger partial charge in [0.15, 0.2) is 9.84 Å². The molecule has 2 aliphatic rings. The maximum atomic E-state index is 12.5. The molecule has 3 heterocycles. The Kier molecular flexibility index (Phi) is 4.57. The summed E-state index contributed by atoms with van der Waals surface area (Å²) >= 11 is 0. The Morgan fingerprint density at radius 3 is 2.60 bits per heavy atom. The zero-order valence-corrected chi connectivity index (χ0v) is 16.0. The Morgan fingerprint density at radius 1 is 1.32 bits per heavy atom. The van der Waals surface area contributed by atoms with E-state index in [4.69, 9.17) is 4.74 Å². The second-order valence-electron chi connectivity index (χ2n) is 7.83. The summed E-state index contributed by atoms with van der Waals surface area (Å²) in [6.45, 7) is 9.01. The average Bonchev–Trinajstić information content (AvgIpc) is 2.99. The number of carbonyl (C=O) groups is 1. The van der Waals surface area contributed by atoms with E-state index in [0.29, 0.717) is 19.6 Å². The predicted molar refractivity (Wildman–Crippen MR) is 92.9 cm³/mol. The van der Waals surface area contributed by atoms with Crippen LogP contribution in [0.4, 0.5) is 4.79 Å². The number of amides is 1. The first-order chi connectivity index (χ1) is 11.6. The molecule has 140 valence electrons. The largest absolute Gasteiger partial charge is 0.444 e. The lowest BCUT2D eigenvalue weighted by Crippen LogP contribution is -2.60. The Morgan fingerprint density at radius 2 is 2.00 bits per heavy atom. The van der Waals surface area contributed by atoms with Gasteiger partial charge in [-0.2, -0.15) is 0 Å². The van der Waals surface area contributed by atoms with Crippen LogP contribution >= 0.6 is 0 Å². The monoisotopic (exact) mass is 370 g/mol. The van der Waals surface area contributed by atoms with E-state index in [2.05, 4.69) is 14.9 Å². The second-order valence-corrected chi connectivity index (χ2v) is 9.98. The fourth-order valence-corrected chi connectivity index (χ4v) is 5.52. The number of nitrogens with zero attached hydrogens (tertiary/aromatic N) is 3. The predicted octanol–water partition coefficient (Wildman–Crippen LogP) is 0.936. The van der Waals surface area contributed by atoms with Crippen LogP contribution in [0.2, 0.25) is 0 Å². The SMILES string of the molecule is Cc1[nH]cnc1CN1CCN(C(=O)OC(C)(C)C)[C@H]2CS(=O)(=O)C[C@H]21. The van der Waals surface area contributed by atoms with Crippen molar-refractivity contribution in [3.05, 3.63) is 17.7 Å². The minimum Gasteiger partial charge on any atom is -0.444 e. The number of rotatable bonds is 2. The van der Waals surface area contributed by atoms with Crippen molar-refractivity contribution in [1.82, 2.24) is 19.8 Å². The Hall–Kier alpha value is -1.61. The van der Waals surface area contributed by atoms with Crippen molar-refractivity contribution in [1.29, 1.82) is 0 Å². The zero-order valence-electron chi connectivity index (χ0n) is 15.2. The number of fused-ring (bicyclic) bond motifs is 1. The summed E-state index contributed by atoms with van der Waals surface area (Å²) in [4.78, 5) is 23.6. The molecule has 2 aliphatic heterocycles. The number of hydrogen-bond acceptors (Lipinski definition) is 6. The number of aryl methyl sites for hydroxylation is 1. The number of hydrogen-bond donors (Lipinski definition) is 1. The number of sulfone groups is 1. The minimum absolute atomic E-state index is 0.00699. The summed E-state index contributed by atoms with van der Waals surface area (Å²) in [7, 11) is -3.18. The molecule has 3 rings (SSSR count). The maximum Gasteiger partial charge on any atom is 0.410 e. The molecule has 9 heteroatoms. The first kappa shape index (κ1) is 18.2. The van der Waals surface area contributed by atoms with Crippen LogP contribution in [-0.4, -0.2) is 76.6 Å². The fourth-order valence-electron chi connectivity index (χ4n) is 3.51. The lowest BCUT2D eigenvalue weighted by atomic mass is 10.0. The van der Waals surface area contributed by atoms with Gasteiger partial charge in [0.25, 0.3) is 0 Å². The third kappa shape index (κ3) is 3.98. The molecule has 1 amide bonds. The normalized spacial score (nSPS) is 26.5. The molecule has 0 aliphatic carbocycles. The van der Waals surface area contributed by atoms with Gasteiger partial charge in [-0.3, -0.25) is 4.90 Å². The van der Waals surface area contributed by atoms with Crippen LogP contribution in [-0.2, 0) is 21.1 Å². The third-order valence-electron chi connectivity index (χ3n) is 4.71. The molecule has 0 aromatic carbocycles. The van der Waals surface area contributed by atoms with Crippen molar-refractivity contribution in [2.75, 3.05) is 24.6 Å². The van der Waals surface area contributed by atoms with Crippen molar-refractivity contribution < 1.29 is 17.9 Å². The molecule has 8 nitrogen and oxygen atoms in total. The third-order valence-corrected chi connectivity index (χ3v) is 6.40. The molecule has 0 spiro atoms. The quantitative estimate of drug-likeness (QED) is 0.832. The Labute approximate surface area is 148 Å². The summed E-state index contributed by atoms with van der Waals surface area (Å²) in [6.07, 6.45) is 1.21. The molecular formula is C16H26N4O4S. The molecule has 25 heavy (non-hydrogen) atoms. The van der Waals surface area contributed by atoms with E-state index < -0.39 is 21.5 Å². The van der Waals surface area contributed by atoms with E-state index in [9.17, 15) is 13.2 Å². The van der Waals surface area contributed by atoms with Gasteiger partial charge in [0.05, 0.1) is 29.6 Å². The molecule has 2 atom stereocenters.